The van der Waals surface area contributed by atoms with E-state index in [1.807, 2.05) is 11.8 Å². The summed E-state index contributed by atoms with van der Waals surface area (Å²) in [5, 5.41) is 3.26. The minimum atomic E-state index is -3.72. The number of sulfone groups is 1. The van der Waals surface area contributed by atoms with Gasteiger partial charge < -0.3 is 15.1 Å². The van der Waals surface area contributed by atoms with Crippen molar-refractivity contribution in [3.8, 4) is 0 Å². The van der Waals surface area contributed by atoms with Crippen LogP contribution in [0.1, 0.15) is 30.1 Å². The zero-order valence-electron chi connectivity index (χ0n) is 15.6. The summed E-state index contributed by atoms with van der Waals surface area (Å²) in [5.41, 5.74) is 0.461. The molecular weight excluding hydrogens is 354 g/mol. The van der Waals surface area contributed by atoms with E-state index in [1.54, 1.807) is 0 Å². The van der Waals surface area contributed by atoms with E-state index in [2.05, 4.69) is 5.32 Å². The van der Waals surface area contributed by atoms with E-state index in [9.17, 15) is 18.0 Å². The normalized spacial score (nSPS) is 17.1. The number of rotatable bonds is 7. The van der Waals surface area contributed by atoms with Crippen LogP contribution in [0, 0.1) is 0 Å². The molecule has 1 heterocycles. The zero-order chi connectivity index (χ0) is 19.3. The molecule has 0 radical (unpaired) electrons. The van der Waals surface area contributed by atoms with Gasteiger partial charge in [0.1, 0.15) is 5.75 Å². The smallest absolute Gasteiger partial charge is 0.254 e. The number of nitrogens with zero attached hydrogens (tertiary/aromatic N) is 2. The maximum Gasteiger partial charge on any atom is 0.254 e. The fraction of sp³-hybridized carbons (Fsp3) is 0.556. The number of hydrogen-bond donors (Lipinski definition) is 1. The molecule has 1 fully saturated rings. The van der Waals surface area contributed by atoms with Crippen LogP contribution in [-0.4, -0.2) is 75.6 Å². The predicted octanol–water partition coefficient (Wildman–Crippen LogP) is 0.763. The van der Waals surface area contributed by atoms with E-state index in [1.165, 1.54) is 43.3 Å². The van der Waals surface area contributed by atoms with E-state index in [-0.39, 0.29) is 16.8 Å². The lowest BCUT2D eigenvalue weighted by Gasteiger charge is -2.28. The van der Waals surface area contributed by atoms with Gasteiger partial charge in [0.25, 0.3) is 5.91 Å². The number of hydrogen-bond acceptors (Lipinski definition) is 5. The first-order valence-corrected chi connectivity index (χ1v) is 10.5. The summed E-state index contributed by atoms with van der Waals surface area (Å²) in [4.78, 5) is 27.7. The quantitative estimate of drug-likeness (QED) is 0.754. The van der Waals surface area contributed by atoms with E-state index >= 15 is 0 Å². The number of benzene rings is 1. The average molecular weight is 381 g/mol. The van der Waals surface area contributed by atoms with Gasteiger partial charge in [0.05, 0.1) is 4.90 Å². The largest absolute Gasteiger partial charge is 0.348 e. The van der Waals surface area contributed by atoms with Crippen LogP contribution >= 0.6 is 0 Å². The van der Waals surface area contributed by atoms with Crippen molar-refractivity contribution in [2.45, 2.75) is 30.7 Å². The Kier molecular flexibility index (Phi) is 6.77. The molecule has 0 aliphatic carbocycles. The minimum Gasteiger partial charge on any atom is -0.348 e. The Balaban J connectivity index is 2.17. The first-order chi connectivity index (χ1) is 12.3. The van der Waals surface area contributed by atoms with Crippen LogP contribution < -0.4 is 5.32 Å². The molecule has 0 bridgehead atoms. The van der Waals surface area contributed by atoms with Crippen LogP contribution in [0.5, 0.6) is 0 Å². The second-order valence-corrected chi connectivity index (χ2v) is 8.71. The first kappa shape index (κ1) is 20.4. The van der Waals surface area contributed by atoms with Crippen molar-refractivity contribution in [1.29, 1.82) is 0 Å². The van der Waals surface area contributed by atoms with Gasteiger partial charge in [0.2, 0.25) is 5.91 Å². The Hall–Kier alpha value is -1.93. The van der Waals surface area contributed by atoms with Crippen molar-refractivity contribution in [3.05, 3.63) is 29.8 Å². The molecule has 1 aromatic carbocycles. The molecular formula is C18H27N3O4S. The second-order valence-electron chi connectivity index (χ2n) is 6.72. The first-order valence-electron chi connectivity index (χ1n) is 8.81. The van der Waals surface area contributed by atoms with Crippen molar-refractivity contribution in [2.24, 2.45) is 0 Å². The third kappa shape index (κ3) is 4.82. The molecule has 0 spiro atoms. The molecule has 2 rings (SSSR count). The summed E-state index contributed by atoms with van der Waals surface area (Å²) in [7, 11) is -0.692. The Morgan fingerprint density at radius 1 is 1.19 bits per heavy atom. The lowest BCUT2D eigenvalue weighted by Crippen LogP contribution is -2.42. The van der Waals surface area contributed by atoms with Crippen LogP contribution in [-0.2, 0) is 14.6 Å². The SMILES string of the molecule is CCCN(C(=O)c1ccc(S(=O)(=O)CC(=O)N(C)C)cc1)C1CCNC1. The molecule has 0 aromatic heterocycles. The summed E-state index contributed by atoms with van der Waals surface area (Å²) in [6.07, 6.45) is 1.78. The summed E-state index contributed by atoms with van der Waals surface area (Å²) in [5.74, 6) is -1.15. The number of carbonyl (C=O) groups is 2. The van der Waals surface area contributed by atoms with Crippen molar-refractivity contribution in [1.82, 2.24) is 15.1 Å². The molecule has 1 unspecified atom stereocenters. The molecule has 8 heteroatoms. The lowest BCUT2D eigenvalue weighted by atomic mass is 10.1. The third-order valence-electron chi connectivity index (χ3n) is 4.47. The van der Waals surface area contributed by atoms with Gasteiger partial charge in [-0.05, 0) is 43.7 Å². The highest BCUT2D eigenvalue weighted by molar-refractivity contribution is 7.92. The molecule has 26 heavy (non-hydrogen) atoms. The molecule has 1 aliphatic rings. The van der Waals surface area contributed by atoms with Gasteiger partial charge in [0, 0.05) is 38.8 Å². The third-order valence-corrected chi connectivity index (χ3v) is 6.09. The maximum absolute atomic E-state index is 12.8. The lowest BCUT2D eigenvalue weighted by molar-refractivity contribution is -0.125. The van der Waals surface area contributed by atoms with Crippen LogP contribution in [0.4, 0.5) is 0 Å². The van der Waals surface area contributed by atoms with Gasteiger partial charge in [-0.3, -0.25) is 9.59 Å². The van der Waals surface area contributed by atoms with Crippen LogP contribution in [0.15, 0.2) is 29.2 Å². The Morgan fingerprint density at radius 3 is 2.35 bits per heavy atom. The van der Waals surface area contributed by atoms with Crippen LogP contribution in [0.25, 0.3) is 0 Å². The average Bonchev–Trinajstić information content (AvgIpc) is 3.13. The fourth-order valence-corrected chi connectivity index (χ4v) is 4.24. The zero-order valence-corrected chi connectivity index (χ0v) is 16.4. The Bertz CT molecular complexity index is 738. The van der Waals surface area contributed by atoms with Gasteiger partial charge in [-0.25, -0.2) is 8.42 Å². The molecule has 2 amide bonds. The fourth-order valence-electron chi connectivity index (χ4n) is 2.94. The van der Waals surface area contributed by atoms with Crippen molar-refractivity contribution >= 4 is 21.7 Å². The summed E-state index contributed by atoms with van der Waals surface area (Å²) in [6.45, 7) is 4.38. The molecule has 1 aliphatic heterocycles. The van der Waals surface area contributed by atoms with Crippen LogP contribution in [0.2, 0.25) is 0 Å². The Labute approximate surface area is 155 Å². The van der Waals surface area contributed by atoms with E-state index in [4.69, 9.17) is 0 Å². The molecule has 7 nitrogen and oxygen atoms in total. The molecule has 1 N–H and O–H groups in total. The van der Waals surface area contributed by atoms with Crippen molar-refractivity contribution < 1.29 is 18.0 Å². The van der Waals surface area contributed by atoms with Gasteiger partial charge in [-0.2, -0.15) is 0 Å². The van der Waals surface area contributed by atoms with Crippen LogP contribution in [0.3, 0.4) is 0 Å². The summed E-state index contributed by atoms with van der Waals surface area (Å²) >= 11 is 0. The highest BCUT2D eigenvalue weighted by Gasteiger charge is 2.27. The number of carbonyl (C=O) groups excluding carboxylic acids is 2. The summed E-state index contributed by atoms with van der Waals surface area (Å²) in [6, 6.07) is 6.04. The topological polar surface area (TPSA) is 86.8 Å². The van der Waals surface area contributed by atoms with E-state index in [0.717, 1.165) is 25.9 Å². The van der Waals surface area contributed by atoms with Gasteiger partial charge in [-0.1, -0.05) is 6.92 Å². The van der Waals surface area contributed by atoms with Crippen molar-refractivity contribution in [3.63, 3.8) is 0 Å². The number of nitrogens with one attached hydrogen (secondary N) is 1. The van der Waals surface area contributed by atoms with Gasteiger partial charge >= 0.3 is 0 Å². The van der Waals surface area contributed by atoms with Gasteiger partial charge in [0.15, 0.2) is 9.84 Å². The maximum atomic E-state index is 12.8. The monoisotopic (exact) mass is 381 g/mol. The van der Waals surface area contributed by atoms with Crippen molar-refractivity contribution in [2.75, 3.05) is 39.5 Å². The van der Waals surface area contributed by atoms with E-state index in [0.29, 0.717) is 12.1 Å². The Morgan fingerprint density at radius 2 is 1.85 bits per heavy atom. The molecule has 1 atom stereocenters. The van der Waals surface area contributed by atoms with E-state index < -0.39 is 21.5 Å². The standard InChI is InChI=1S/C18H27N3O4S/c1-4-11-21(15-9-10-19-12-15)18(23)14-5-7-16(8-6-14)26(24,25)13-17(22)20(2)3/h5-8,15,19H,4,9-13H2,1-3H3. The highest BCUT2D eigenvalue weighted by atomic mass is 32.2. The second kappa shape index (κ2) is 8.64. The number of amides is 2. The molecule has 1 aromatic rings. The summed E-state index contributed by atoms with van der Waals surface area (Å²) < 4.78 is 24.6. The predicted molar refractivity (Wildman–Crippen MR) is 99.8 cm³/mol. The molecule has 144 valence electrons. The minimum absolute atomic E-state index is 0.0498. The molecule has 0 saturated carbocycles. The molecule has 1 saturated heterocycles. The highest BCUT2D eigenvalue weighted by Crippen LogP contribution is 2.17. The van der Waals surface area contributed by atoms with Gasteiger partial charge in [-0.15, -0.1) is 0 Å².